The van der Waals surface area contributed by atoms with Crippen molar-refractivity contribution in [2.75, 3.05) is 13.2 Å². The fraction of sp³-hybridized carbons (Fsp3) is 0.385. The van der Waals surface area contributed by atoms with Crippen LogP contribution in [0.2, 0.25) is 0 Å². The van der Waals surface area contributed by atoms with Crippen LogP contribution < -0.4 is 0 Å². The van der Waals surface area contributed by atoms with E-state index in [0.29, 0.717) is 13.2 Å². The molecule has 0 bridgehead atoms. The Morgan fingerprint density at radius 1 is 0.688 bits per heavy atom. The predicted octanol–water partition coefficient (Wildman–Crippen LogP) is 1.68. The molecule has 6 nitrogen and oxygen atoms in total. The molecule has 6 atom stereocenters. The molecule has 2 aliphatic heterocycles. The van der Waals surface area contributed by atoms with Gasteiger partial charge in [0.05, 0.1) is 26.4 Å². The fourth-order valence-corrected chi connectivity index (χ4v) is 3.58. The first kappa shape index (κ1) is 22.5. The van der Waals surface area contributed by atoms with Gasteiger partial charge in [0.1, 0.15) is 36.6 Å². The van der Waals surface area contributed by atoms with Crippen molar-refractivity contribution < 1.29 is 29.2 Å². The summed E-state index contributed by atoms with van der Waals surface area (Å²) in [5.41, 5.74) is 2.02. The first-order chi connectivity index (χ1) is 15.7. The van der Waals surface area contributed by atoms with Crippen LogP contribution in [-0.2, 0) is 32.2 Å². The molecular weight excluding hydrogens is 408 g/mol. The Bertz CT molecular complexity index is 890. The highest BCUT2D eigenvalue weighted by molar-refractivity contribution is 5.31. The van der Waals surface area contributed by atoms with Crippen LogP contribution in [0.15, 0.2) is 60.7 Å². The molecule has 0 unspecified atom stereocenters. The third kappa shape index (κ3) is 5.97. The van der Waals surface area contributed by atoms with Crippen LogP contribution in [0.25, 0.3) is 0 Å². The van der Waals surface area contributed by atoms with Crippen molar-refractivity contribution in [2.45, 2.75) is 49.8 Å². The summed E-state index contributed by atoms with van der Waals surface area (Å²) in [6.07, 6.45) is -3.71. The van der Waals surface area contributed by atoms with E-state index in [4.69, 9.17) is 18.9 Å². The van der Waals surface area contributed by atoms with Crippen LogP contribution in [0.3, 0.4) is 0 Å². The summed E-state index contributed by atoms with van der Waals surface area (Å²) in [5, 5.41) is 20.3. The number of benzene rings is 2. The molecule has 2 fully saturated rings. The van der Waals surface area contributed by atoms with Gasteiger partial charge in [0.15, 0.2) is 0 Å². The van der Waals surface area contributed by atoms with E-state index >= 15 is 0 Å². The van der Waals surface area contributed by atoms with Gasteiger partial charge in [-0.1, -0.05) is 72.5 Å². The lowest BCUT2D eigenvalue weighted by molar-refractivity contribution is -0.0318. The summed E-state index contributed by atoms with van der Waals surface area (Å²) in [6.45, 7) is 1.06. The molecule has 2 aliphatic rings. The molecule has 0 saturated carbocycles. The van der Waals surface area contributed by atoms with Gasteiger partial charge >= 0.3 is 0 Å². The van der Waals surface area contributed by atoms with Gasteiger partial charge in [0, 0.05) is 0 Å². The van der Waals surface area contributed by atoms with Crippen LogP contribution in [0.4, 0.5) is 0 Å². The standard InChI is InChI=1S/C26H26O6/c27-21-17-29-23(25(21)31-15-19-9-3-1-4-10-19)13-7-8-14-24-26(22(28)18-30-24)32-16-20-11-5-2-6-12-20/h1-6,9-12,21-28H,15-18H2/t21-,22-,23+,24+,25+,26+/m1/s1. The molecule has 2 saturated heterocycles. The molecule has 4 rings (SSSR count). The van der Waals surface area contributed by atoms with E-state index in [1.807, 2.05) is 60.7 Å². The van der Waals surface area contributed by atoms with Crippen LogP contribution >= 0.6 is 0 Å². The Kier molecular flexibility index (Phi) is 7.92. The maximum atomic E-state index is 10.2. The number of rotatable bonds is 6. The fourth-order valence-electron chi connectivity index (χ4n) is 3.58. The smallest absolute Gasteiger partial charge is 0.148 e. The van der Waals surface area contributed by atoms with Gasteiger partial charge in [-0.3, -0.25) is 0 Å². The van der Waals surface area contributed by atoms with E-state index in [1.165, 1.54) is 0 Å². The van der Waals surface area contributed by atoms with Gasteiger partial charge in [0.25, 0.3) is 0 Å². The molecule has 6 heteroatoms. The maximum absolute atomic E-state index is 10.2. The summed E-state index contributed by atoms with van der Waals surface area (Å²) in [4.78, 5) is 0. The summed E-state index contributed by atoms with van der Waals surface area (Å²) < 4.78 is 22.8. The lowest BCUT2D eigenvalue weighted by Gasteiger charge is -2.17. The molecule has 0 aromatic heterocycles. The minimum Gasteiger partial charge on any atom is -0.388 e. The number of ether oxygens (including phenoxy) is 4. The molecule has 166 valence electrons. The van der Waals surface area contributed by atoms with Crippen molar-refractivity contribution in [1.29, 1.82) is 0 Å². The Morgan fingerprint density at radius 3 is 1.50 bits per heavy atom. The summed E-state index contributed by atoms with van der Waals surface area (Å²) in [5.74, 6) is 11.4. The molecule has 2 aromatic rings. The van der Waals surface area contributed by atoms with E-state index in [-0.39, 0.29) is 13.2 Å². The molecule has 32 heavy (non-hydrogen) atoms. The topological polar surface area (TPSA) is 77.4 Å². The van der Waals surface area contributed by atoms with Gasteiger partial charge in [0.2, 0.25) is 0 Å². The molecular formula is C26H26O6. The molecule has 2 aromatic carbocycles. The second-order valence-corrected chi connectivity index (χ2v) is 7.70. The van der Waals surface area contributed by atoms with Gasteiger partial charge in [-0.05, 0) is 23.0 Å². The molecule has 0 spiro atoms. The lowest BCUT2D eigenvalue weighted by Crippen LogP contribution is -2.32. The second kappa shape index (κ2) is 11.3. The van der Waals surface area contributed by atoms with E-state index in [1.54, 1.807) is 0 Å². The van der Waals surface area contributed by atoms with Crippen molar-refractivity contribution in [1.82, 2.24) is 0 Å². The zero-order chi connectivity index (χ0) is 22.2. The number of hydrogen-bond donors (Lipinski definition) is 2. The molecule has 0 amide bonds. The van der Waals surface area contributed by atoms with Gasteiger partial charge in [-0.2, -0.15) is 0 Å². The van der Waals surface area contributed by atoms with Crippen molar-refractivity contribution >= 4 is 0 Å². The number of hydrogen-bond acceptors (Lipinski definition) is 6. The monoisotopic (exact) mass is 434 g/mol. The van der Waals surface area contributed by atoms with Crippen molar-refractivity contribution in [3.05, 3.63) is 71.8 Å². The highest BCUT2D eigenvalue weighted by Crippen LogP contribution is 2.20. The minimum atomic E-state index is -0.741. The highest BCUT2D eigenvalue weighted by atomic mass is 16.6. The van der Waals surface area contributed by atoms with Crippen LogP contribution in [-0.4, -0.2) is 60.1 Å². The zero-order valence-corrected chi connectivity index (χ0v) is 17.6. The SMILES string of the molecule is O[C@@H]1CO[C@@H](C#CC#C[C@@H]2OC[C@@H](O)[C@@H]2OCc2ccccc2)[C@H]1OCc1ccccc1. The maximum Gasteiger partial charge on any atom is 0.148 e. The van der Waals surface area contributed by atoms with Crippen molar-refractivity contribution in [3.63, 3.8) is 0 Å². The number of aliphatic hydroxyl groups excluding tert-OH is 2. The number of aliphatic hydroxyl groups is 2. The molecule has 2 heterocycles. The van der Waals surface area contributed by atoms with E-state index in [2.05, 4.69) is 23.7 Å². The van der Waals surface area contributed by atoms with Crippen LogP contribution in [0.1, 0.15) is 11.1 Å². The molecule has 2 N–H and O–H groups in total. The normalized spacial score (nSPS) is 29.1. The van der Waals surface area contributed by atoms with Crippen molar-refractivity contribution in [2.24, 2.45) is 0 Å². The Labute approximate surface area is 188 Å². The third-order valence-corrected chi connectivity index (χ3v) is 5.31. The lowest BCUT2D eigenvalue weighted by atomic mass is 10.1. The predicted molar refractivity (Wildman–Crippen MR) is 117 cm³/mol. The molecule has 0 radical (unpaired) electrons. The summed E-state index contributed by atoms with van der Waals surface area (Å²) >= 11 is 0. The van der Waals surface area contributed by atoms with Crippen molar-refractivity contribution in [3.8, 4) is 23.7 Å². The highest BCUT2D eigenvalue weighted by Gasteiger charge is 2.37. The first-order valence-electron chi connectivity index (χ1n) is 10.6. The quantitative estimate of drug-likeness (QED) is 0.674. The van der Waals surface area contributed by atoms with E-state index < -0.39 is 36.6 Å². The molecule has 0 aliphatic carbocycles. The largest absolute Gasteiger partial charge is 0.388 e. The Hall–Kier alpha value is -2.68. The summed E-state index contributed by atoms with van der Waals surface area (Å²) in [7, 11) is 0. The van der Waals surface area contributed by atoms with Gasteiger partial charge in [-0.25, -0.2) is 0 Å². The third-order valence-electron chi connectivity index (χ3n) is 5.31. The second-order valence-electron chi connectivity index (χ2n) is 7.70. The zero-order valence-electron chi connectivity index (χ0n) is 17.6. The van der Waals surface area contributed by atoms with Gasteiger partial charge < -0.3 is 29.2 Å². The average molecular weight is 434 g/mol. The Morgan fingerprint density at radius 2 is 1.09 bits per heavy atom. The Balaban J connectivity index is 1.32. The van der Waals surface area contributed by atoms with E-state index in [9.17, 15) is 10.2 Å². The van der Waals surface area contributed by atoms with E-state index in [0.717, 1.165) is 11.1 Å². The average Bonchev–Trinajstić information content (AvgIpc) is 3.36. The van der Waals surface area contributed by atoms with Gasteiger partial charge in [-0.15, -0.1) is 0 Å². The summed E-state index contributed by atoms with van der Waals surface area (Å²) in [6, 6.07) is 19.5. The minimum absolute atomic E-state index is 0.166. The first-order valence-corrected chi connectivity index (χ1v) is 10.6. The van der Waals surface area contributed by atoms with Crippen LogP contribution in [0.5, 0.6) is 0 Å². The van der Waals surface area contributed by atoms with Crippen LogP contribution in [0, 0.1) is 23.7 Å².